The largest absolute Gasteiger partial charge is 0.573 e. The first-order chi connectivity index (χ1) is 20.5. The second-order valence-corrected chi connectivity index (χ2v) is 12.1. The average molecular weight is 601 g/mol. The molecule has 0 bridgehead atoms. The number of nitrogens with one attached hydrogen (secondary N) is 2. The lowest BCUT2D eigenvalue weighted by Crippen LogP contribution is -2.59. The number of carbonyl (C=O) groups is 1. The Morgan fingerprint density at radius 2 is 1.77 bits per heavy atom. The molecular weight excluding hydrogens is 557 g/mol. The number of aromatic nitrogens is 1. The molecule has 234 valence electrons. The molecule has 1 amide bonds. The number of amides is 1. The van der Waals surface area contributed by atoms with E-state index in [2.05, 4.69) is 68.0 Å². The third-order valence-corrected chi connectivity index (χ3v) is 8.70. The summed E-state index contributed by atoms with van der Waals surface area (Å²) in [5, 5.41) is 7.30. The summed E-state index contributed by atoms with van der Waals surface area (Å²) >= 11 is 0. The van der Waals surface area contributed by atoms with Gasteiger partial charge in [0.25, 0.3) is 0 Å². The molecule has 2 fully saturated rings. The average Bonchev–Trinajstić information content (AvgIpc) is 3.33. The van der Waals surface area contributed by atoms with E-state index in [9.17, 15) is 18.0 Å². The molecule has 0 unspecified atom stereocenters. The van der Waals surface area contributed by atoms with Crippen LogP contribution < -0.4 is 21.1 Å². The van der Waals surface area contributed by atoms with Crippen LogP contribution in [0.2, 0.25) is 0 Å². The number of rotatable bonds is 10. The first-order valence-corrected chi connectivity index (χ1v) is 15.2. The predicted octanol–water partition coefficient (Wildman–Crippen LogP) is 4.32. The van der Waals surface area contributed by atoms with Crippen LogP contribution in [0.15, 0.2) is 48.7 Å². The van der Waals surface area contributed by atoms with Crippen molar-refractivity contribution in [3.05, 3.63) is 54.2 Å². The van der Waals surface area contributed by atoms with E-state index >= 15 is 0 Å². The molecule has 11 heteroatoms. The molecule has 4 N–H and O–H groups in total. The number of benzene rings is 2. The van der Waals surface area contributed by atoms with Gasteiger partial charge in [-0.2, -0.15) is 0 Å². The number of hydrogen-bond acceptors (Lipinski definition) is 6. The van der Waals surface area contributed by atoms with Crippen molar-refractivity contribution in [2.75, 3.05) is 45.8 Å². The maximum Gasteiger partial charge on any atom is 0.573 e. The summed E-state index contributed by atoms with van der Waals surface area (Å²) in [5.74, 6) is -0.351. The molecule has 2 aliphatic rings. The quantitative estimate of drug-likeness (QED) is 0.301. The fourth-order valence-corrected chi connectivity index (χ4v) is 6.12. The molecule has 0 radical (unpaired) electrons. The number of fused-ring (bicyclic) bond motifs is 1. The third-order valence-electron chi connectivity index (χ3n) is 8.70. The number of piperidine rings is 1. The lowest BCUT2D eigenvalue weighted by Gasteiger charge is -2.37. The summed E-state index contributed by atoms with van der Waals surface area (Å²) in [5.41, 5.74) is 9.52. The highest BCUT2D eigenvalue weighted by molar-refractivity contribution is 5.96. The Bertz CT molecular complexity index is 1370. The van der Waals surface area contributed by atoms with E-state index in [1.54, 1.807) is 12.1 Å². The zero-order valence-corrected chi connectivity index (χ0v) is 25.1. The minimum Gasteiger partial charge on any atom is -0.406 e. The van der Waals surface area contributed by atoms with Gasteiger partial charge in [0, 0.05) is 74.5 Å². The first-order valence-electron chi connectivity index (χ1n) is 15.2. The minimum atomic E-state index is -4.74. The Hall–Kier alpha value is -3.12. The highest BCUT2D eigenvalue weighted by Gasteiger charge is 2.35. The molecule has 0 aliphatic carbocycles. The van der Waals surface area contributed by atoms with Crippen LogP contribution in [-0.4, -0.2) is 84.0 Å². The van der Waals surface area contributed by atoms with Gasteiger partial charge in [0.15, 0.2) is 0 Å². The molecule has 5 rings (SSSR count). The van der Waals surface area contributed by atoms with Crippen LogP contribution in [0.25, 0.3) is 22.0 Å². The van der Waals surface area contributed by atoms with E-state index < -0.39 is 11.9 Å². The molecule has 8 nitrogen and oxygen atoms in total. The molecule has 2 aromatic carbocycles. The summed E-state index contributed by atoms with van der Waals surface area (Å²) in [6.45, 7) is 12.1. The molecule has 3 aromatic rings. The normalized spacial score (nSPS) is 18.3. The molecular formula is C32H43F3N6O2. The number of hydrogen-bond donors (Lipinski definition) is 3. The second-order valence-electron chi connectivity index (χ2n) is 12.1. The lowest BCUT2D eigenvalue weighted by atomic mass is 9.88. The fraction of sp³-hybridized carbons (Fsp3) is 0.531. The molecule has 43 heavy (non-hydrogen) atoms. The van der Waals surface area contributed by atoms with Gasteiger partial charge in [-0.15, -0.1) is 13.2 Å². The smallest absolute Gasteiger partial charge is 0.406 e. The number of carbonyl (C=O) groups excluding carboxylic acids is 1. The second kappa shape index (κ2) is 13.3. The maximum absolute atomic E-state index is 12.7. The van der Waals surface area contributed by atoms with Crippen molar-refractivity contribution >= 4 is 16.8 Å². The standard InChI is InChI=1S/C32H43F3N6O2/c1-23(2)40-18-16-39(17-19-40)21-24-4-9-29-27(20-24)28(25-5-7-26(8-6-25)43-32(33,34)35)22-41(29)15-3-12-38-30(42)31(36)10-13-37-14-11-31/h4-9,20,22-23,37H,3,10-19,21,36H2,1-2H3,(H,38,42). The number of alkyl halides is 3. The Morgan fingerprint density at radius 3 is 2.42 bits per heavy atom. The Labute approximate surface area is 251 Å². The van der Waals surface area contributed by atoms with Crippen LogP contribution in [0.4, 0.5) is 13.2 Å². The van der Waals surface area contributed by atoms with Gasteiger partial charge in [0.2, 0.25) is 5.91 Å². The van der Waals surface area contributed by atoms with E-state index in [0.717, 1.165) is 67.8 Å². The zero-order chi connectivity index (χ0) is 30.6. The van der Waals surface area contributed by atoms with Crippen LogP contribution in [0, 0.1) is 0 Å². The van der Waals surface area contributed by atoms with E-state index in [4.69, 9.17) is 5.73 Å². The molecule has 0 atom stereocenters. The number of nitrogens with two attached hydrogens (primary N) is 1. The van der Waals surface area contributed by atoms with Crippen molar-refractivity contribution in [3.63, 3.8) is 0 Å². The van der Waals surface area contributed by atoms with E-state index in [-0.39, 0.29) is 11.7 Å². The van der Waals surface area contributed by atoms with Crippen molar-refractivity contribution < 1.29 is 22.7 Å². The van der Waals surface area contributed by atoms with Gasteiger partial charge in [0.1, 0.15) is 5.75 Å². The van der Waals surface area contributed by atoms with Gasteiger partial charge in [-0.25, -0.2) is 0 Å². The van der Waals surface area contributed by atoms with E-state index in [0.29, 0.717) is 38.4 Å². The summed E-state index contributed by atoms with van der Waals surface area (Å²) in [7, 11) is 0. The van der Waals surface area contributed by atoms with Gasteiger partial charge >= 0.3 is 6.36 Å². The van der Waals surface area contributed by atoms with Crippen LogP contribution >= 0.6 is 0 Å². The van der Waals surface area contributed by atoms with Crippen molar-refractivity contribution in [1.29, 1.82) is 0 Å². The molecule has 2 saturated heterocycles. The van der Waals surface area contributed by atoms with Crippen molar-refractivity contribution in [2.45, 2.75) is 64.1 Å². The van der Waals surface area contributed by atoms with Gasteiger partial charge in [-0.1, -0.05) is 18.2 Å². The van der Waals surface area contributed by atoms with E-state index in [1.165, 1.54) is 17.7 Å². The molecule has 1 aromatic heterocycles. The van der Waals surface area contributed by atoms with Crippen molar-refractivity contribution in [2.24, 2.45) is 5.73 Å². The summed E-state index contributed by atoms with van der Waals surface area (Å²) < 4.78 is 44.4. The van der Waals surface area contributed by atoms with Crippen LogP contribution in [0.1, 0.15) is 38.7 Å². The topological polar surface area (TPSA) is 87.8 Å². The predicted molar refractivity (Wildman–Crippen MR) is 163 cm³/mol. The number of aryl methyl sites for hydroxylation is 1. The SMILES string of the molecule is CC(C)N1CCN(Cc2ccc3c(c2)c(-c2ccc(OC(F)(F)F)cc2)cn3CCCNC(=O)C2(N)CCNCC2)CC1. The van der Waals surface area contributed by atoms with Gasteiger partial charge in [-0.3, -0.25) is 14.6 Å². The third kappa shape index (κ3) is 7.89. The molecule has 3 heterocycles. The van der Waals surface area contributed by atoms with Gasteiger partial charge < -0.3 is 25.7 Å². The van der Waals surface area contributed by atoms with Crippen molar-refractivity contribution in [3.8, 4) is 16.9 Å². The highest BCUT2D eigenvalue weighted by atomic mass is 19.4. The summed E-state index contributed by atoms with van der Waals surface area (Å²) in [6, 6.07) is 13.1. The number of halogens is 3. The molecule has 0 saturated carbocycles. The summed E-state index contributed by atoms with van der Waals surface area (Å²) in [4.78, 5) is 17.7. The molecule has 0 spiro atoms. The zero-order valence-electron chi connectivity index (χ0n) is 25.1. The Kier molecular flexibility index (Phi) is 9.65. The monoisotopic (exact) mass is 600 g/mol. The fourth-order valence-electron chi connectivity index (χ4n) is 6.12. The van der Waals surface area contributed by atoms with Crippen LogP contribution in [0.5, 0.6) is 5.75 Å². The first kappa shape index (κ1) is 31.3. The van der Waals surface area contributed by atoms with Crippen LogP contribution in [-0.2, 0) is 17.9 Å². The number of piperazine rings is 1. The number of ether oxygens (including phenoxy) is 1. The van der Waals surface area contributed by atoms with Crippen LogP contribution in [0.3, 0.4) is 0 Å². The van der Waals surface area contributed by atoms with Crippen molar-refractivity contribution in [1.82, 2.24) is 25.0 Å². The Morgan fingerprint density at radius 1 is 1.07 bits per heavy atom. The maximum atomic E-state index is 12.7. The van der Waals surface area contributed by atoms with Gasteiger partial charge in [0.05, 0.1) is 5.54 Å². The number of nitrogens with zero attached hydrogens (tertiary/aromatic N) is 3. The lowest BCUT2D eigenvalue weighted by molar-refractivity contribution is -0.274. The van der Waals surface area contributed by atoms with Gasteiger partial charge in [-0.05, 0) is 81.6 Å². The Balaban J connectivity index is 1.33. The highest BCUT2D eigenvalue weighted by Crippen LogP contribution is 2.34. The van der Waals surface area contributed by atoms with E-state index in [1.807, 2.05) is 0 Å². The molecule has 2 aliphatic heterocycles. The summed E-state index contributed by atoms with van der Waals surface area (Å²) in [6.07, 6.45) is -0.738. The minimum absolute atomic E-state index is 0.105.